The van der Waals surface area contributed by atoms with Gasteiger partial charge in [0, 0.05) is 16.7 Å². The van der Waals surface area contributed by atoms with Gasteiger partial charge in [-0.05, 0) is 18.6 Å². The highest BCUT2D eigenvalue weighted by atomic mass is 32.2. The van der Waals surface area contributed by atoms with Gasteiger partial charge >= 0.3 is 0 Å². The quantitative estimate of drug-likeness (QED) is 0.261. The molecular weight excluding hydrogens is 400 g/mol. The minimum atomic E-state index is 0.0158. The van der Waals surface area contributed by atoms with E-state index in [1.165, 1.54) is 11.8 Å². The molecule has 0 unspecified atom stereocenters. The van der Waals surface area contributed by atoms with Gasteiger partial charge in [0.15, 0.2) is 5.78 Å². The van der Waals surface area contributed by atoms with E-state index < -0.39 is 0 Å². The van der Waals surface area contributed by atoms with E-state index in [1.807, 2.05) is 97.9 Å². The second-order valence-electron chi connectivity index (χ2n) is 7.16. The molecule has 1 heterocycles. The molecule has 0 saturated carbocycles. The monoisotopic (exact) mass is 420 g/mol. The highest BCUT2D eigenvalue weighted by molar-refractivity contribution is 8.00. The van der Waals surface area contributed by atoms with Crippen molar-refractivity contribution in [2.75, 3.05) is 5.75 Å². The lowest BCUT2D eigenvalue weighted by atomic mass is 9.99. The third-order valence-corrected chi connectivity index (χ3v) is 5.94. The summed E-state index contributed by atoms with van der Waals surface area (Å²) in [6, 6.07) is 31.5. The number of nitriles is 1. The maximum absolute atomic E-state index is 12.7. The van der Waals surface area contributed by atoms with Crippen LogP contribution in [0.5, 0.6) is 0 Å². The summed E-state index contributed by atoms with van der Waals surface area (Å²) in [5, 5.41) is 10.5. The molecule has 0 N–H and O–H groups in total. The lowest BCUT2D eigenvalue weighted by molar-refractivity contribution is 0.102. The first-order valence-corrected chi connectivity index (χ1v) is 10.9. The smallest absolute Gasteiger partial charge is 0.173 e. The maximum Gasteiger partial charge on any atom is 0.173 e. The number of pyridine rings is 1. The number of Topliss-reactive ketones (excluding diaryl/α,β-unsaturated/α-hetero) is 1. The van der Waals surface area contributed by atoms with Crippen molar-refractivity contribution in [2.24, 2.45) is 0 Å². The second-order valence-corrected chi connectivity index (χ2v) is 8.12. The van der Waals surface area contributed by atoms with Crippen molar-refractivity contribution < 1.29 is 4.79 Å². The van der Waals surface area contributed by atoms with Crippen molar-refractivity contribution in [1.29, 1.82) is 5.26 Å². The fourth-order valence-corrected chi connectivity index (χ4v) is 4.19. The van der Waals surface area contributed by atoms with E-state index in [4.69, 9.17) is 4.98 Å². The lowest BCUT2D eigenvalue weighted by Crippen LogP contribution is -2.04. The molecule has 0 amide bonds. The molecular formula is C27H20N2OS. The maximum atomic E-state index is 12.7. The Morgan fingerprint density at radius 1 is 0.903 bits per heavy atom. The highest BCUT2D eigenvalue weighted by Crippen LogP contribution is 2.34. The van der Waals surface area contributed by atoms with E-state index in [1.54, 1.807) is 0 Å². The van der Waals surface area contributed by atoms with Crippen molar-refractivity contribution in [3.63, 3.8) is 0 Å². The van der Waals surface area contributed by atoms with Gasteiger partial charge in [-0.25, -0.2) is 4.98 Å². The molecule has 0 saturated heterocycles. The summed E-state index contributed by atoms with van der Waals surface area (Å²) in [6.07, 6.45) is 0. The fraction of sp³-hybridized carbons (Fsp3) is 0.0741. The van der Waals surface area contributed by atoms with Gasteiger partial charge in [-0.3, -0.25) is 4.79 Å². The van der Waals surface area contributed by atoms with Crippen LogP contribution in [0.3, 0.4) is 0 Å². The Balaban J connectivity index is 1.74. The van der Waals surface area contributed by atoms with Crippen LogP contribution in [0.1, 0.15) is 21.5 Å². The fourth-order valence-electron chi connectivity index (χ4n) is 3.29. The van der Waals surface area contributed by atoms with Gasteiger partial charge in [0.1, 0.15) is 11.1 Å². The topological polar surface area (TPSA) is 53.8 Å². The summed E-state index contributed by atoms with van der Waals surface area (Å²) in [7, 11) is 0. The Morgan fingerprint density at radius 3 is 2.13 bits per heavy atom. The van der Waals surface area contributed by atoms with Crippen LogP contribution < -0.4 is 0 Å². The number of rotatable bonds is 6. The predicted molar refractivity (Wildman–Crippen MR) is 126 cm³/mol. The van der Waals surface area contributed by atoms with Crippen LogP contribution in [-0.4, -0.2) is 16.5 Å². The molecule has 0 bridgehead atoms. The minimum Gasteiger partial charge on any atom is -0.293 e. The summed E-state index contributed by atoms with van der Waals surface area (Å²) in [5.41, 5.74) is 5.79. The Morgan fingerprint density at radius 2 is 1.52 bits per heavy atom. The van der Waals surface area contributed by atoms with E-state index in [0.717, 1.165) is 27.9 Å². The molecule has 31 heavy (non-hydrogen) atoms. The molecule has 0 aliphatic carbocycles. The molecule has 0 aliphatic rings. The SMILES string of the molecule is Cc1ccc(C(=O)CSc2nc(-c3ccccc3)cc(-c3ccccc3)c2C#N)cc1. The van der Waals surface area contributed by atoms with Crippen molar-refractivity contribution in [1.82, 2.24) is 4.98 Å². The summed E-state index contributed by atoms with van der Waals surface area (Å²) >= 11 is 1.31. The number of carbonyl (C=O) groups is 1. The molecule has 0 radical (unpaired) electrons. The average Bonchev–Trinajstić information content (AvgIpc) is 2.83. The van der Waals surface area contributed by atoms with Crippen LogP contribution in [0.4, 0.5) is 0 Å². The summed E-state index contributed by atoms with van der Waals surface area (Å²) < 4.78 is 0. The van der Waals surface area contributed by atoms with E-state index in [2.05, 4.69) is 6.07 Å². The molecule has 150 valence electrons. The van der Waals surface area contributed by atoms with Crippen molar-refractivity contribution in [2.45, 2.75) is 11.9 Å². The molecule has 1 aromatic heterocycles. The van der Waals surface area contributed by atoms with E-state index >= 15 is 0 Å². The molecule has 4 heteroatoms. The van der Waals surface area contributed by atoms with Gasteiger partial charge in [-0.1, -0.05) is 102 Å². The standard InChI is InChI=1S/C27H20N2OS/c1-19-12-14-22(15-13-19)26(30)18-31-27-24(17-28)23(20-8-4-2-5-9-20)16-25(29-27)21-10-6-3-7-11-21/h2-16H,18H2,1H3. The van der Waals surface area contributed by atoms with Crippen LogP contribution >= 0.6 is 11.8 Å². The first-order valence-electron chi connectivity index (χ1n) is 9.94. The summed E-state index contributed by atoms with van der Waals surface area (Å²) in [6.45, 7) is 1.99. The second kappa shape index (κ2) is 9.42. The number of benzene rings is 3. The molecule has 4 rings (SSSR count). The number of thioether (sulfide) groups is 1. The number of aromatic nitrogens is 1. The van der Waals surface area contributed by atoms with Gasteiger partial charge in [0.25, 0.3) is 0 Å². The molecule has 0 aliphatic heterocycles. The van der Waals surface area contributed by atoms with Crippen LogP contribution in [0.2, 0.25) is 0 Å². The van der Waals surface area contributed by atoms with Gasteiger partial charge in [-0.2, -0.15) is 5.26 Å². The summed E-state index contributed by atoms with van der Waals surface area (Å²) in [4.78, 5) is 17.5. The highest BCUT2D eigenvalue weighted by Gasteiger charge is 2.17. The first kappa shape index (κ1) is 20.6. The zero-order valence-corrected chi connectivity index (χ0v) is 17.9. The molecule has 3 aromatic carbocycles. The van der Waals surface area contributed by atoms with Crippen LogP contribution in [0.25, 0.3) is 22.4 Å². The van der Waals surface area contributed by atoms with Gasteiger partial charge in [0.2, 0.25) is 0 Å². The minimum absolute atomic E-state index is 0.0158. The Bertz CT molecular complexity index is 1240. The zero-order chi connectivity index (χ0) is 21.6. The number of nitrogens with zero attached hydrogens (tertiary/aromatic N) is 2. The molecule has 0 spiro atoms. The van der Waals surface area contributed by atoms with Crippen LogP contribution in [0, 0.1) is 18.3 Å². The number of hydrogen-bond donors (Lipinski definition) is 0. The van der Waals surface area contributed by atoms with Gasteiger partial charge < -0.3 is 0 Å². The Labute approximate surface area is 186 Å². The number of ketones is 1. The van der Waals surface area contributed by atoms with Crippen molar-refractivity contribution >= 4 is 17.5 Å². The van der Waals surface area contributed by atoms with Crippen molar-refractivity contribution in [3.05, 3.63) is 108 Å². The van der Waals surface area contributed by atoms with E-state index in [-0.39, 0.29) is 11.5 Å². The number of hydrogen-bond acceptors (Lipinski definition) is 4. The molecule has 0 fully saturated rings. The third kappa shape index (κ3) is 4.74. The van der Waals surface area contributed by atoms with Crippen LogP contribution in [-0.2, 0) is 0 Å². The average molecular weight is 421 g/mol. The van der Waals surface area contributed by atoms with Crippen LogP contribution in [0.15, 0.2) is 96.0 Å². The molecule has 0 atom stereocenters. The normalized spacial score (nSPS) is 10.5. The van der Waals surface area contributed by atoms with Gasteiger partial charge in [0.05, 0.1) is 17.0 Å². The lowest BCUT2D eigenvalue weighted by Gasteiger charge is -2.12. The molecule has 4 aromatic rings. The summed E-state index contributed by atoms with van der Waals surface area (Å²) in [5.74, 6) is 0.235. The van der Waals surface area contributed by atoms with E-state index in [0.29, 0.717) is 16.2 Å². The predicted octanol–water partition coefficient (Wildman–Crippen LogP) is 6.57. The Kier molecular flexibility index (Phi) is 6.26. The third-order valence-electron chi connectivity index (χ3n) is 4.97. The number of aryl methyl sites for hydroxylation is 1. The number of carbonyl (C=O) groups excluding carboxylic acids is 1. The first-order chi connectivity index (χ1) is 15.2. The van der Waals surface area contributed by atoms with Gasteiger partial charge in [-0.15, -0.1) is 0 Å². The molecule has 3 nitrogen and oxygen atoms in total. The largest absolute Gasteiger partial charge is 0.293 e. The van der Waals surface area contributed by atoms with E-state index in [9.17, 15) is 10.1 Å². The zero-order valence-electron chi connectivity index (χ0n) is 17.1. The van der Waals surface area contributed by atoms with Crippen molar-refractivity contribution in [3.8, 4) is 28.5 Å². The Hall–Kier alpha value is -3.68.